The Kier molecular flexibility index (Phi) is 4.13. The van der Waals surface area contributed by atoms with Crippen LogP contribution in [0.4, 0.5) is 5.82 Å². The number of carbonyl (C=O) groups is 1. The molecule has 3 rings (SSSR count). The fraction of sp³-hybridized carbons (Fsp3) is 0.267. The molecule has 0 aliphatic heterocycles. The fourth-order valence-electron chi connectivity index (χ4n) is 2.29. The van der Waals surface area contributed by atoms with Crippen LogP contribution in [-0.4, -0.2) is 31.3 Å². The normalized spacial score (nSPS) is 12.1. The summed E-state index contributed by atoms with van der Waals surface area (Å²) in [6, 6.07) is 10.8. The molecule has 0 saturated carbocycles. The van der Waals surface area contributed by atoms with Gasteiger partial charge >= 0.3 is 0 Å². The second-order valence-electron chi connectivity index (χ2n) is 5.19. The highest BCUT2D eigenvalue weighted by molar-refractivity contribution is 5.93. The van der Waals surface area contributed by atoms with Crippen LogP contribution in [0.5, 0.6) is 0 Å². The molecule has 2 heterocycles. The lowest BCUT2D eigenvalue weighted by Gasteiger charge is -2.16. The first kappa shape index (κ1) is 14.9. The van der Waals surface area contributed by atoms with Crippen molar-refractivity contribution >= 4 is 11.7 Å². The van der Waals surface area contributed by atoms with Crippen LogP contribution >= 0.6 is 0 Å². The Morgan fingerprint density at radius 3 is 2.70 bits per heavy atom. The Morgan fingerprint density at radius 2 is 2.09 bits per heavy atom. The van der Waals surface area contributed by atoms with Crippen molar-refractivity contribution in [3.63, 3.8) is 0 Å². The van der Waals surface area contributed by atoms with Crippen LogP contribution in [0.15, 0.2) is 40.9 Å². The number of rotatable bonds is 5. The highest BCUT2D eigenvalue weighted by Crippen LogP contribution is 2.17. The molecule has 8 heteroatoms. The minimum Gasteiger partial charge on any atom is -0.360 e. The largest absolute Gasteiger partial charge is 0.360 e. The van der Waals surface area contributed by atoms with Gasteiger partial charge in [-0.3, -0.25) is 4.79 Å². The summed E-state index contributed by atoms with van der Waals surface area (Å²) in [7, 11) is 0. The number of tetrazole rings is 1. The number of hydrogen-bond donors (Lipinski definition) is 1. The van der Waals surface area contributed by atoms with Crippen molar-refractivity contribution in [1.29, 1.82) is 0 Å². The molecular weight excluding hydrogens is 296 g/mol. The Bertz CT molecular complexity index is 795. The van der Waals surface area contributed by atoms with Crippen LogP contribution < -0.4 is 5.32 Å². The van der Waals surface area contributed by atoms with Crippen LogP contribution in [0.1, 0.15) is 23.2 Å². The number of aryl methyl sites for hydroxylation is 2. The van der Waals surface area contributed by atoms with Gasteiger partial charge in [0.05, 0.1) is 0 Å². The number of carbonyl (C=O) groups excluding carboxylic acids is 1. The van der Waals surface area contributed by atoms with Gasteiger partial charge in [0.1, 0.15) is 17.6 Å². The number of hydrogen-bond acceptors (Lipinski definition) is 6. The SMILES string of the molecule is Cc1cc(NC(=O)C(Cc2ccccc2)n2nnnc2C)no1. The van der Waals surface area contributed by atoms with Gasteiger partial charge in [0.15, 0.2) is 5.82 Å². The van der Waals surface area contributed by atoms with Gasteiger partial charge in [-0.1, -0.05) is 35.5 Å². The summed E-state index contributed by atoms with van der Waals surface area (Å²) < 4.78 is 6.48. The van der Waals surface area contributed by atoms with Gasteiger partial charge in [-0.05, 0) is 29.8 Å². The molecule has 3 aromatic rings. The minimum atomic E-state index is -0.579. The van der Waals surface area contributed by atoms with Crippen molar-refractivity contribution in [2.24, 2.45) is 0 Å². The quantitative estimate of drug-likeness (QED) is 0.770. The van der Waals surface area contributed by atoms with E-state index in [0.717, 1.165) is 5.56 Å². The van der Waals surface area contributed by atoms with Gasteiger partial charge in [0.2, 0.25) is 0 Å². The molecule has 2 aromatic heterocycles. The lowest BCUT2D eigenvalue weighted by atomic mass is 10.1. The maximum absolute atomic E-state index is 12.7. The van der Waals surface area contributed by atoms with E-state index in [-0.39, 0.29) is 5.91 Å². The molecule has 0 spiro atoms. The van der Waals surface area contributed by atoms with E-state index in [1.807, 2.05) is 30.3 Å². The minimum absolute atomic E-state index is 0.252. The van der Waals surface area contributed by atoms with Gasteiger partial charge in [0.25, 0.3) is 5.91 Å². The van der Waals surface area contributed by atoms with Crippen LogP contribution in [-0.2, 0) is 11.2 Å². The monoisotopic (exact) mass is 312 g/mol. The number of nitrogens with zero attached hydrogens (tertiary/aromatic N) is 5. The van der Waals surface area contributed by atoms with Crippen molar-refractivity contribution in [3.05, 3.63) is 53.5 Å². The van der Waals surface area contributed by atoms with E-state index in [0.29, 0.717) is 23.8 Å². The van der Waals surface area contributed by atoms with E-state index in [2.05, 4.69) is 26.0 Å². The van der Waals surface area contributed by atoms with E-state index < -0.39 is 6.04 Å². The molecular formula is C15H16N6O2. The zero-order valence-corrected chi connectivity index (χ0v) is 12.8. The summed E-state index contributed by atoms with van der Waals surface area (Å²) in [5.74, 6) is 1.31. The van der Waals surface area contributed by atoms with Gasteiger partial charge in [-0.15, -0.1) is 5.10 Å². The van der Waals surface area contributed by atoms with Crippen molar-refractivity contribution in [2.75, 3.05) is 5.32 Å². The van der Waals surface area contributed by atoms with E-state index in [1.54, 1.807) is 19.9 Å². The number of anilines is 1. The van der Waals surface area contributed by atoms with Crippen LogP contribution in [0.25, 0.3) is 0 Å². The zero-order chi connectivity index (χ0) is 16.2. The topological polar surface area (TPSA) is 98.7 Å². The molecule has 0 radical (unpaired) electrons. The maximum atomic E-state index is 12.7. The molecule has 1 atom stereocenters. The lowest BCUT2D eigenvalue weighted by molar-refractivity contribution is -0.119. The molecule has 23 heavy (non-hydrogen) atoms. The van der Waals surface area contributed by atoms with Gasteiger partial charge in [-0.2, -0.15) is 0 Å². The second-order valence-corrected chi connectivity index (χ2v) is 5.19. The third-order valence-electron chi connectivity index (χ3n) is 3.41. The van der Waals surface area contributed by atoms with E-state index >= 15 is 0 Å². The van der Waals surface area contributed by atoms with Crippen LogP contribution in [0.3, 0.4) is 0 Å². The van der Waals surface area contributed by atoms with Gasteiger partial charge in [-0.25, -0.2) is 4.68 Å². The second kappa shape index (κ2) is 6.39. The van der Waals surface area contributed by atoms with Crippen LogP contribution in [0, 0.1) is 13.8 Å². The predicted molar refractivity (Wildman–Crippen MR) is 81.6 cm³/mol. The highest BCUT2D eigenvalue weighted by atomic mass is 16.5. The standard InChI is InChI=1S/C15H16N6O2/c1-10-8-14(18-23-10)16-15(22)13(21-11(2)17-19-20-21)9-12-6-4-3-5-7-12/h3-8,13H,9H2,1-2H3,(H,16,18,22). The first-order valence-electron chi connectivity index (χ1n) is 7.16. The Balaban J connectivity index is 1.85. The zero-order valence-electron chi connectivity index (χ0n) is 12.8. The molecule has 1 N–H and O–H groups in total. The van der Waals surface area contributed by atoms with E-state index in [1.165, 1.54) is 4.68 Å². The molecule has 1 aromatic carbocycles. The van der Waals surface area contributed by atoms with Crippen molar-refractivity contribution < 1.29 is 9.32 Å². The first-order valence-corrected chi connectivity index (χ1v) is 7.16. The third kappa shape index (κ3) is 3.42. The molecule has 1 unspecified atom stereocenters. The summed E-state index contributed by atoms with van der Waals surface area (Å²) in [6.07, 6.45) is 0.468. The average molecular weight is 312 g/mol. The van der Waals surface area contributed by atoms with E-state index in [4.69, 9.17) is 4.52 Å². The summed E-state index contributed by atoms with van der Waals surface area (Å²) in [6.45, 7) is 3.51. The first-order chi connectivity index (χ1) is 11.1. The predicted octanol–water partition coefficient (Wildman–Crippen LogP) is 1.70. The molecule has 0 saturated heterocycles. The Labute approximate surface area is 132 Å². The summed E-state index contributed by atoms with van der Waals surface area (Å²) >= 11 is 0. The number of amides is 1. The maximum Gasteiger partial charge on any atom is 0.250 e. The molecule has 0 fully saturated rings. The average Bonchev–Trinajstić information content (AvgIpc) is 3.14. The Morgan fingerprint density at radius 1 is 1.30 bits per heavy atom. The number of aromatic nitrogens is 5. The smallest absolute Gasteiger partial charge is 0.250 e. The van der Waals surface area contributed by atoms with Crippen molar-refractivity contribution in [2.45, 2.75) is 26.3 Å². The third-order valence-corrected chi connectivity index (χ3v) is 3.41. The summed E-state index contributed by atoms with van der Waals surface area (Å²) in [5.41, 5.74) is 1.01. The molecule has 1 amide bonds. The van der Waals surface area contributed by atoms with Gasteiger partial charge in [0, 0.05) is 12.5 Å². The molecule has 0 aliphatic rings. The molecule has 0 aliphatic carbocycles. The van der Waals surface area contributed by atoms with Crippen molar-refractivity contribution in [1.82, 2.24) is 25.4 Å². The fourth-order valence-corrected chi connectivity index (χ4v) is 2.29. The number of nitrogens with one attached hydrogen (secondary N) is 1. The van der Waals surface area contributed by atoms with Crippen LogP contribution in [0.2, 0.25) is 0 Å². The Hall–Kier alpha value is -3.03. The molecule has 118 valence electrons. The van der Waals surface area contributed by atoms with Crippen molar-refractivity contribution in [3.8, 4) is 0 Å². The van der Waals surface area contributed by atoms with Gasteiger partial charge < -0.3 is 9.84 Å². The lowest BCUT2D eigenvalue weighted by Crippen LogP contribution is -2.29. The summed E-state index contributed by atoms with van der Waals surface area (Å²) in [5, 5.41) is 17.9. The van der Waals surface area contributed by atoms with E-state index in [9.17, 15) is 4.79 Å². The molecule has 0 bridgehead atoms. The molecule has 8 nitrogen and oxygen atoms in total. The summed E-state index contributed by atoms with van der Waals surface area (Å²) in [4.78, 5) is 12.7. The number of benzene rings is 1. The highest BCUT2D eigenvalue weighted by Gasteiger charge is 2.25.